The van der Waals surface area contributed by atoms with Gasteiger partial charge in [0, 0.05) is 10.5 Å². The molecule has 0 bridgehead atoms. The van der Waals surface area contributed by atoms with Crippen molar-refractivity contribution in [3.8, 4) is 0 Å². The summed E-state index contributed by atoms with van der Waals surface area (Å²) >= 11 is 3.72. The fourth-order valence-electron chi connectivity index (χ4n) is 3.09. The summed E-state index contributed by atoms with van der Waals surface area (Å²) in [7, 11) is 0. The second kappa shape index (κ2) is 8.28. The van der Waals surface area contributed by atoms with E-state index in [0.29, 0.717) is 0 Å². The molecule has 0 aliphatic heterocycles. The van der Waals surface area contributed by atoms with Crippen LogP contribution in [0.3, 0.4) is 0 Å². The van der Waals surface area contributed by atoms with E-state index in [1.807, 2.05) is 0 Å². The molecule has 108 valence electrons. The minimum Gasteiger partial charge on any atom is -0.300 e. The molecule has 0 N–H and O–H groups in total. The van der Waals surface area contributed by atoms with Crippen molar-refractivity contribution in [2.24, 2.45) is 0 Å². The van der Waals surface area contributed by atoms with Gasteiger partial charge in [-0.05, 0) is 62.4 Å². The van der Waals surface area contributed by atoms with Crippen molar-refractivity contribution in [3.63, 3.8) is 0 Å². The molecule has 0 heterocycles. The molecule has 1 atom stereocenters. The van der Waals surface area contributed by atoms with Gasteiger partial charge in [-0.1, -0.05) is 41.9 Å². The zero-order chi connectivity index (χ0) is 13.0. The number of benzene rings is 1. The average molecular weight is 347 g/mol. The van der Waals surface area contributed by atoms with Crippen LogP contribution in [0.4, 0.5) is 0 Å². The highest BCUT2D eigenvalue weighted by atomic mass is 79.9. The molecule has 0 saturated heterocycles. The molecule has 3 heteroatoms. The molecular formula is C16H25BrClN. The number of aryl methyl sites for hydroxylation is 1. The van der Waals surface area contributed by atoms with E-state index in [2.05, 4.69) is 52.9 Å². The van der Waals surface area contributed by atoms with Gasteiger partial charge in [0.1, 0.15) is 0 Å². The summed E-state index contributed by atoms with van der Waals surface area (Å²) in [4.78, 5) is 2.70. The average Bonchev–Trinajstić information content (AvgIpc) is 2.39. The van der Waals surface area contributed by atoms with Crippen LogP contribution in [0.1, 0.15) is 44.2 Å². The summed E-state index contributed by atoms with van der Waals surface area (Å²) < 4.78 is 1.30. The van der Waals surface area contributed by atoms with Crippen LogP contribution in [-0.2, 0) is 12.8 Å². The van der Waals surface area contributed by atoms with Crippen molar-refractivity contribution in [2.45, 2.75) is 52.0 Å². The molecule has 1 aromatic rings. The van der Waals surface area contributed by atoms with Crippen LogP contribution in [-0.4, -0.2) is 24.0 Å². The summed E-state index contributed by atoms with van der Waals surface area (Å²) in [5.41, 5.74) is 3.10. The second-order valence-electron chi connectivity index (χ2n) is 5.31. The Morgan fingerprint density at radius 1 is 1.21 bits per heavy atom. The Balaban J connectivity index is 0.00000180. The van der Waals surface area contributed by atoms with Crippen molar-refractivity contribution in [1.29, 1.82) is 0 Å². The molecule has 0 amide bonds. The predicted octanol–water partition coefficient (Wildman–Crippen LogP) is 4.85. The number of hydrogen-bond donors (Lipinski definition) is 0. The summed E-state index contributed by atoms with van der Waals surface area (Å²) in [6.45, 7) is 7.07. The molecule has 0 radical (unpaired) electrons. The summed E-state index contributed by atoms with van der Waals surface area (Å²) in [5, 5.41) is 0. The van der Waals surface area contributed by atoms with Crippen molar-refractivity contribution in [2.75, 3.05) is 13.1 Å². The van der Waals surface area contributed by atoms with Gasteiger partial charge in [-0.25, -0.2) is 0 Å². The fourth-order valence-corrected chi connectivity index (χ4v) is 3.66. The second-order valence-corrected chi connectivity index (χ2v) is 6.16. The van der Waals surface area contributed by atoms with Crippen LogP contribution in [0, 0.1) is 0 Å². The fraction of sp³-hybridized carbons (Fsp3) is 0.625. The van der Waals surface area contributed by atoms with Gasteiger partial charge in [-0.3, -0.25) is 0 Å². The molecular weight excluding hydrogens is 322 g/mol. The Kier molecular flexibility index (Phi) is 7.41. The topological polar surface area (TPSA) is 3.24 Å². The van der Waals surface area contributed by atoms with Crippen molar-refractivity contribution in [3.05, 3.63) is 33.8 Å². The molecule has 1 aromatic carbocycles. The highest BCUT2D eigenvalue weighted by molar-refractivity contribution is 9.10. The Morgan fingerprint density at radius 3 is 2.53 bits per heavy atom. The van der Waals surface area contributed by atoms with Crippen LogP contribution >= 0.6 is 28.3 Å². The monoisotopic (exact) mass is 345 g/mol. The molecule has 0 saturated carbocycles. The van der Waals surface area contributed by atoms with E-state index in [-0.39, 0.29) is 12.4 Å². The SMILES string of the molecule is CCCN(CCC)[C@H]1CCc2cccc(Br)c2C1.Cl. The lowest BCUT2D eigenvalue weighted by Crippen LogP contribution is -2.40. The van der Waals surface area contributed by atoms with Crippen molar-refractivity contribution < 1.29 is 0 Å². The van der Waals surface area contributed by atoms with Crippen LogP contribution < -0.4 is 0 Å². The summed E-state index contributed by atoms with van der Waals surface area (Å²) in [6.07, 6.45) is 6.31. The lowest BCUT2D eigenvalue weighted by atomic mass is 9.87. The molecule has 2 rings (SSSR count). The molecule has 0 spiro atoms. The van der Waals surface area contributed by atoms with E-state index in [4.69, 9.17) is 0 Å². The maximum Gasteiger partial charge on any atom is 0.0210 e. The van der Waals surface area contributed by atoms with E-state index in [1.165, 1.54) is 49.7 Å². The first-order valence-corrected chi connectivity index (χ1v) is 8.05. The first-order valence-electron chi connectivity index (χ1n) is 7.26. The van der Waals surface area contributed by atoms with Gasteiger partial charge in [-0.15, -0.1) is 12.4 Å². The predicted molar refractivity (Wildman–Crippen MR) is 89.4 cm³/mol. The lowest BCUT2D eigenvalue weighted by molar-refractivity contribution is 0.180. The highest BCUT2D eigenvalue weighted by Gasteiger charge is 2.24. The van der Waals surface area contributed by atoms with Crippen LogP contribution in [0.5, 0.6) is 0 Å². The van der Waals surface area contributed by atoms with Gasteiger partial charge in [0.05, 0.1) is 0 Å². The van der Waals surface area contributed by atoms with E-state index in [0.717, 1.165) is 6.04 Å². The number of nitrogens with zero attached hydrogens (tertiary/aromatic N) is 1. The molecule has 1 aliphatic rings. The third-order valence-corrected chi connectivity index (χ3v) is 4.68. The van der Waals surface area contributed by atoms with Gasteiger partial charge in [-0.2, -0.15) is 0 Å². The zero-order valence-corrected chi connectivity index (χ0v) is 14.4. The van der Waals surface area contributed by atoms with Gasteiger partial charge in [0.2, 0.25) is 0 Å². The van der Waals surface area contributed by atoms with Crippen LogP contribution in [0.2, 0.25) is 0 Å². The molecule has 0 fully saturated rings. The maximum atomic E-state index is 3.72. The number of rotatable bonds is 5. The van der Waals surface area contributed by atoms with Gasteiger partial charge in [0.15, 0.2) is 0 Å². The normalized spacial score (nSPS) is 18.0. The van der Waals surface area contributed by atoms with Gasteiger partial charge in [0.25, 0.3) is 0 Å². The van der Waals surface area contributed by atoms with Gasteiger partial charge >= 0.3 is 0 Å². The minimum absolute atomic E-state index is 0. The van der Waals surface area contributed by atoms with Crippen LogP contribution in [0.15, 0.2) is 22.7 Å². The third-order valence-electron chi connectivity index (χ3n) is 3.94. The quantitative estimate of drug-likeness (QED) is 0.736. The first-order chi connectivity index (χ1) is 8.76. The Hall–Kier alpha value is -0.0500. The largest absolute Gasteiger partial charge is 0.300 e. The Bertz CT molecular complexity index is 388. The number of hydrogen-bond acceptors (Lipinski definition) is 1. The highest BCUT2D eigenvalue weighted by Crippen LogP contribution is 2.30. The minimum atomic E-state index is 0. The summed E-state index contributed by atoms with van der Waals surface area (Å²) in [5.74, 6) is 0. The first kappa shape index (κ1) is 17.0. The number of fused-ring (bicyclic) bond motifs is 1. The van der Waals surface area contributed by atoms with E-state index >= 15 is 0 Å². The molecule has 0 aromatic heterocycles. The summed E-state index contributed by atoms with van der Waals surface area (Å²) in [6, 6.07) is 7.39. The third kappa shape index (κ3) is 4.21. The molecule has 19 heavy (non-hydrogen) atoms. The van der Waals surface area contributed by atoms with Crippen LogP contribution in [0.25, 0.3) is 0 Å². The van der Waals surface area contributed by atoms with E-state index in [1.54, 1.807) is 11.1 Å². The van der Waals surface area contributed by atoms with Crippen molar-refractivity contribution >= 4 is 28.3 Å². The Labute approximate surface area is 132 Å². The molecule has 1 aliphatic carbocycles. The molecule has 1 nitrogen and oxygen atoms in total. The van der Waals surface area contributed by atoms with Crippen molar-refractivity contribution in [1.82, 2.24) is 4.90 Å². The van der Waals surface area contributed by atoms with E-state index in [9.17, 15) is 0 Å². The zero-order valence-electron chi connectivity index (χ0n) is 12.0. The number of halogens is 2. The Morgan fingerprint density at radius 2 is 1.89 bits per heavy atom. The van der Waals surface area contributed by atoms with E-state index < -0.39 is 0 Å². The van der Waals surface area contributed by atoms with Gasteiger partial charge < -0.3 is 4.90 Å². The molecule has 0 unspecified atom stereocenters. The standard InChI is InChI=1S/C16H24BrN.ClH/c1-3-10-18(11-4-2)14-9-8-13-6-5-7-16(17)15(13)12-14;/h5-7,14H,3-4,8-12H2,1-2H3;1H/t14-;/m0./s1. The maximum absolute atomic E-state index is 3.72. The smallest absolute Gasteiger partial charge is 0.0210 e. The lowest BCUT2D eigenvalue weighted by Gasteiger charge is -2.35.